The maximum Gasteiger partial charge on any atom is 0.425 e. The quantitative estimate of drug-likeness (QED) is 0.776. The third kappa shape index (κ3) is 4.94. The van der Waals surface area contributed by atoms with Crippen LogP contribution >= 0.6 is 0 Å². The van der Waals surface area contributed by atoms with E-state index in [1.807, 2.05) is 0 Å². The number of aryl methyl sites for hydroxylation is 1. The molecule has 1 spiro atoms. The third-order valence-electron chi connectivity index (χ3n) is 5.87. The van der Waals surface area contributed by atoms with Gasteiger partial charge in [-0.2, -0.15) is 13.2 Å². The van der Waals surface area contributed by atoms with E-state index >= 15 is 0 Å². The van der Waals surface area contributed by atoms with Crippen molar-refractivity contribution in [3.63, 3.8) is 0 Å². The van der Waals surface area contributed by atoms with E-state index in [0.29, 0.717) is 13.1 Å². The van der Waals surface area contributed by atoms with E-state index in [1.54, 1.807) is 0 Å². The van der Waals surface area contributed by atoms with Gasteiger partial charge in [-0.1, -0.05) is 29.8 Å². The van der Waals surface area contributed by atoms with Gasteiger partial charge in [0, 0.05) is 26.2 Å². The molecular formula is C20H27F3N2O2. The highest BCUT2D eigenvalue weighted by Gasteiger charge is 2.43. The smallest absolute Gasteiger partial charge is 0.425 e. The number of hydrogen-bond acceptors (Lipinski definition) is 3. The molecular weight excluding hydrogens is 357 g/mol. The van der Waals surface area contributed by atoms with Gasteiger partial charge in [0.2, 0.25) is 0 Å². The Morgan fingerprint density at radius 1 is 1.15 bits per heavy atom. The van der Waals surface area contributed by atoms with Gasteiger partial charge in [0.15, 0.2) is 6.10 Å². The summed E-state index contributed by atoms with van der Waals surface area (Å²) in [5.41, 5.74) is 2.70. The van der Waals surface area contributed by atoms with Crippen molar-refractivity contribution in [1.29, 1.82) is 0 Å². The van der Waals surface area contributed by atoms with Gasteiger partial charge in [-0.05, 0) is 50.6 Å². The maximum absolute atomic E-state index is 12.6. The number of benzene rings is 1. The van der Waals surface area contributed by atoms with E-state index in [-0.39, 0.29) is 5.41 Å². The number of carbonyl (C=O) groups excluding carboxylic acids is 1. The monoisotopic (exact) mass is 384 g/mol. The molecule has 2 fully saturated rings. The largest absolute Gasteiger partial charge is 0.437 e. The van der Waals surface area contributed by atoms with E-state index in [4.69, 9.17) is 0 Å². The SMILES string of the molecule is Cc1ccc(CN2CCC3(CCN(C(=O)OC(C)C(F)(F)F)CC3)C2)cc1. The highest BCUT2D eigenvalue weighted by atomic mass is 19.4. The van der Waals surface area contributed by atoms with Gasteiger partial charge in [-0.25, -0.2) is 4.79 Å². The second kappa shape index (κ2) is 7.70. The zero-order valence-electron chi connectivity index (χ0n) is 15.9. The van der Waals surface area contributed by atoms with Crippen molar-refractivity contribution in [3.05, 3.63) is 35.4 Å². The molecule has 150 valence electrons. The fraction of sp³-hybridized carbons (Fsp3) is 0.650. The standard InChI is InChI=1S/C20H27F3N2O2/c1-15-3-5-17(6-4-15)13-24-10-7-19(14-24)8-11-25(12-9-19)18(26)27-16(2)20(21,22)23/h3-6,16H,7-14H2,1-2H3. The summed E-state index contributed by atoms with van der Waals surface area (Å²) in [4.78, 5) is 15.8. The average Bonchev–Trinajstić information content (AvgIpc) is 2.99. The number of halogens is 3. The molecule has 0 aliphatic carbocycles. The second-order valence-corrected chi connectivity index (χ2v) is 8.00. The molecule has 0 saturated carbocycles. The molecule has 1 unspecified atom stereocenters. The molecule has 0 aromatic heterocycles. The predicted octanol–water partition coefficient (Wildman–Crippen LogP) is 4.37. The van der Waals surface area contributed by atoms with E-state index in [1.165, 1.54) is 16.0 Å². The van der Waals surface area contributed by atoms with E-state index < -0.39 is 18.4 Å². The first-order valence-electron chi connectivity index (χ1n) is 9.47. The summed E-state index contributed by atoms with van der Waals surface area (Å²) in [5.74, 6) is 0. The first-order valence-corrected chi connectivity index (χ1v) is 9.47. The molecule has 0 radical (unpaired) electrons. The number of piperidine rings is 1. The average molecular weight is 384 g/mol. The lowest BCUT2D eigenvalue weighted by Gasteiger charge is -2.39. The molecule has 27 heavy (non-hydrogen) atoms. The molecule has 0 bridgehead atoms. The van der Waals surface area contributed by atoms with Gasteiger partial charge in [0.05, 0.1) is 0 Å². The molecule has 7 heteroatoms. The van der Waals surface area contributed by atoms with Crippen LogP contribution in [0.1, 0.15) is 37.3 Å². The molecule has 2 aliphatic heterocycles. The second-order valence-electron chi connectivity index (χ2n) is 8.00. The number of hydrogen-bond donors (Lipinski definition) is 0. The fourth-order valence-corrected chi connectivity index (χ4v) is 3.98. The number of ether oxygens (including phenoxy) is 1. The summed E-state index contributed by atoms with van der Waals surface area (Å²) in [6.07, 6.45) is -4.75. The molecule has 1 atom stereocenters. The topological polar surface area (TPSA) is 32.8 Å². The van der Waals surface area contributed by atoms with Crippen LogP contribution in [-0.4, -0.2) is 54.4 Å². The Bertz CT molecular complexity index is 652. The third-order valence-corrected chi connectivity index (χ3v) is 5.87. The summed E-state index contributed by atoms with van der Waals surface area (Å²) in [5, 5.41) is 0. The Labute approximate surface area is 158 Å². The zero-order chi connectivity index (χ0) is 19.7. The van der Waals surface area contributed by atoms with Crippen molar-refractivity contribution in [1.82, 2.24) is 9.80 Å². The number of rotatable bonds is 3. The van der Waals surface area contributed by atoms with Crippen molar-refractivity contribution in [2.45, 2.75) is 51.9 Å². The number of alkyl halides is 3. The van der Waals surface area contributed by atoms with Crippen molar-refractivity contribution >= 4 is 6.09 Å². The molecule has 1 aromatic carbocycles. The lowest BCUT2D eigenvalue weighted by molar-refractivity contribution is -0.200. The Morgan fingerprint density at radius 3 is 2.33 bits per heavy atom. The van der Waals surface area contributed by atoms with Gasteiger partial charge in [0.1, 0.15) is 0 Å². The minimum absolute atomic E-state index is 0.164. The van der Waals surface area contributed by atoms with E-state index in [9.17, 15) is 18.0 Å². The van der Waals surface area contributed by atoms with E-state index in [0.717, 1.165) is 45.8 Å². The number of nitrogens with zero attached hydrogens (tertiary/aromatic N) is 2. The normalized spacial score (nSPS) is 21.4. The number of carbonyl (C=O) groups is 1. The van der Waals surface area contributed by atoms with Gasteiger partial charge in [0.25, 0.3) is 0 Å². The van der Waals surface area contributed by atoms with Crippen LogP contribution in [0, 0.1) is 12.3 Å². The predicted molar refractivity (Wildman–Crippen MR) is 96.3 cm³/mol. The number of amides is 1. The van der Waals surface area contributed by atoms with Crippen LogP contribution < -0.4 is 0 Å². The molecule has 4 nitrogen and oxygen atoms in total. The minimum Gasteiger partial charge on any atom is -0.437 e. The zero-order valence-corrected chi connectivity index (χ0v) is 15.9. The molecule has 2 saturated heterocycles. The molecule has 2 heterocycles. The molecule has 3 rings (SSSR count). The van der Waals surface area contributed by atoms with Crippen molar-refractivity contribution in [3.8, 4) is 0 Å². The Hall–Kier alpha value is -1.76. The van der Waals surface area contributed by atoms with Crippen molar-refractivity contribution < 1.29 is 22.7 Å². The summed E-state index contributed by atoms with van der Waals surface area (Å²) in [6, 6.07) is 8.54. The fourth-order valence-electron chi connectivity index (χ4n) is 3.98. The minimum atomic E-state index is -4.52. The highest BCUT2D eigenvalue weighted by molar-refractivity contribution is 5.68. The van der Waals surface area contributed by atoms with Crippen LogP contribution in [0.2, 0.25) is 0 Å². The van der Waals surface area contributed by atoms with Gasteiger partial charge in [-0.15, -0.1) is 0 Å². The summed E-state index contributed by atoms with van der Waals surface area (Å²) in [7, 11) is 0. The lowest BCUT2D eigenvalue weighted by atomic mass is 9.78. The highest BCUT2D eigenvalue weighted by Crippen LogP contribution is 2.41. The first-order chi connectivity index (χ1) is 12.7. The van der Waals surface area contributed by atoms with Gasteiger partial charge in [-0.3, -0.25) is 4.90 Å². The van der Waals surface area contributed by atoms with Crippen LogP contribution in [0.25, 0.3) is 0 Å². The van der Waals surface area contributed by atoms with Crippen LogP contribution in [-0.2, 0) is 11.3 Å². The summed E-state index contributed by atoms with van der Waals surface area (Å²) >= 11 is 0. The maximum atomic E-state index is 12.6. The van der Waals surface area contributed by atoms with Crippen molar-refractivity contribution in [2.24, 2.45) is 5.41 Å². The van der Waals surface area contributed by atoms with Gasteiger partial charge < -0.3 is 9.64 Å². The van der Waals surface area contributed by atoms with E-state index in [2.05, 4.69) is 40.8 Å². The first kappa shape index (κ1) is 20.0. The lowest BCUT2D eigenvalue weighted by Crippen LogP contribution is -2.46. The summed E-state index contributed by atoms with van der Waals surface area (Å²) in [6.45, 7) is 6.76. The Balaban J connectivity index is 1.48. The Kier molecular flexibility index (Phi) is 5.70. The van der Waals surface area contributed by atoms with Crippen LogP contribution in [0.15, 0.2) is 24.3 Å². The van der Waals surface area contributed by atoms with Crippen LogP contribution in [0.5, 0.6) is 0 Å². The van der Waals surface area contributed by atoms with Crippen LogP contribution in [0.4, 0.5) is 18.0 Å². The van der Waals surface area contributed by atoms with Crippen LogP contribution in [0.3, 0.4) is 0 Å². The number of likely N-dealkylation sites (tertiary alicyclic amines) is 2. The van der Waals surface area contributed by atoms with Crippen molar-refractivity contribution in [2.75, 3.05) is 26.2 Å². The molecule has 2 aliphatic rings. The summed E-state index contributed by atoms with van der Waals surface area (Å²) < 4.78 is 42.2. The molecule has 1 aromatic rings. The van der Waals surface area contributed by atoms with Gasteiger partial charge >= 0.3 is 12.3 Å². The Morgan fingerprint density at radius 2 is 1.74 bits per heavy atom. The molecule has 1 amide bonds. The molecule has 0 N–H and O–H groups in total.